The van der Waals surface area contributed by atoms with E-state index in [1.54, 1.807) is 6.07 Å². The maximum Gasteiger partial charge on any atom is 3.00 e. The second-order valence-corrected chi connectivity index (χ2v) is 0.932. The minimum Gasteiger partial charge on any atom is -0.587 e. The molecule has 0 saturated heterocycles. The molecule has 1 aromatic heterocycles. The van der Waals surface area contributed by atoms with Gasteiger partial charge in [0, 0.05) is 16.8 Å². The Balaban J connectivity index is -0.0000000135. The summed E-state index contributed by atoms with van der Waals surface area (Å²) in [5, 5.41) is 9.90. The molecule has 0 fully saturated rings. The zero-order valence-corrected chi connectivity index (χ0v) is 12.2. The Bertz CT molecular complexity index is 289. The number of rotatable bonds is 0. The van der Waals surface area contributed by atoms with Gasteiger partial charge in [0.2, 0.25) is 0 Å². The number of furan rings is 1. The van der Waals surface area contributed by atoms with E-state index in [-0.39, 0.29) is 39.5 Å². The van der Waals surface area contributed by atoms with Crippen LogP contribution in [-0.2, 0) is 66.3 Å². The first kappa shape index (κ1) is 59.4. The Morgan fingerprint density at radius 1 is 0.818 bits per heavy atom. The molecule has 0 aliphatic rings. The third-order valence-electron chi connectivity index (χ3n) is 0.495. The van der Waals surface area contributed by atoms with Crippen molar-refractivity contribution in [2.45, 2.75) is 0 Å². The van der Waals surface area contributed by atoms with Crippen molar-refractivity contribution >= 4 is 6.79 Å². The van der Waals surface area contributed by atoms with Crippen LogP contribution in [0.25, 0.3) is 0 Å². The Morgan fingerprint density at radius 2 is 1.05 bits per heavy atom. The quantitative estimate of drug-likeness (QED) is 0.336. The maximum absolute atomic E-state index is 9.90. The fraction of sp³-hybridized carbons (Fsp3) is 0. The van der Waals surface area contributed by atoms with Crippen molar-refractivity contribution in [2.75, 3.05) is 0 Å². The van der Waals surface area contributed by atoms with Crippen LogP contribution in [0.15, 0.2) is 22.8 Å². The number of hydrogen-bond acceptors (Lipinski definition) is 3. The summed E-state index contributed by atoms with van der Waals surface area (Å²) in [5.74, 6) is -0.282. The molecule has 0 spiro atoms. The van der Waals surface area contributed by atoms with Crippen LogP contribution in [-0.4, -0.2) is 6.79 Å². The van der Waals surface area contributed by atoms with E-state index < -0.39 is 0 Å². The van der Waals surface area contributed by atoms with Gasteiger partial charge in [0.15, 0.2) is 0 Å². The molecule has 1 heterocycles. The summed E-state index contributed by atoms with van der Waals surface area (Å²) in [6.45, 7) is 30.2. The van der Waals surface area contributed by atoms with Crippen LogP contribution >= 0.6 is 0 Å². The number of carbonyl (C=O) groups excluding carboxylic acids is 1. The Morgan fingerprint density at radius 3 is 1.09 bits per heavy atom. The third kappa shape index (κ3) is 199. The first-order valence-corrected chi connectivity index (χ1v) is 3.06. The normalized spacial score (nSPS) is 3.09. The van der Waals surface area contributed by atoms with Crippen LogP contribution in [0.3, 0.4) is 0 Å². The first-order chi connectivity index (χ1) is 9.89. The van der Waals surface area contributed by atoms with E-state index in [9.17, 15) is 5.11 Å². The predicted octanol–water partition coefficient (Wildman–Crippen LogP) is -0.151. The molecule has 22 heavy (non-hydrogen) atoms. The molecule has 0 N–H and O–H groups in total. The van der Waals surface area contributed by atoms with E-state index >= 15 is 0 Å². The smallest absolute Gasteiger partial charge is 0.587 e. The van der Waals surface area contributed by atoms with Crippen LogP contribution < -0.4 is 5.11 Å². The van der Waals surface area contributed by atoms with E-state index in [4.69, 9.17) is 32.7 Å². The van der Waals surface area contributed by atoms with Crippen molar-refractivity contribution in [3.05, 3.63) is 58.3 Å². The SMILES string of the molecule is [C-]#[O+].[C-]#[O+].[C-]#[O+].[C-]#[O+].[C-]#[O+].[C-]#[O+].[CH-]=O.[Co+3].[Co].[O-]c1ccco1. The van der Waals surface area contributed by atoms with Crippen molar-refractivity contribution < 1.29 is 75.8 Å². The van der Waals surface area contributed by atoms with Gasteiger partial charge in [-0.05, 0) is 12.3 Å². The van der Waals surface area contributed by atoms with Crippen molar-refractivity contribution in [1.29, 1.82) is 0 Å². The van der Waals surface area contributed by atoms with Crippen molar-refractivity contribution in [3.63, 3.8) is 0 Å². The molecule has 0 amide bonds. The zero-order chi connectivity index (χ0) is 18.4. The number of hydrogen-bond donors (Lipinski definition) is 0. The third-order valence-corrected chi connectivity index (χ3v) is 0.495. The van der Waals surface area contributed by atoms with E-state index in [0.717, 1.165) is 0 Å². The van der Waals surface area contributed by atoms with E-state index in [1.165, 1.54) is 12.3 Å². The molecule has 0 aliphatic heterocycles. The van der Waals surface area contributed by atoms with Gasteiger partial charge in [-0.2, -0.15) is 0 Å². The van der Waals surface area contributed by atoms with Gasteiger partial charge in [-0.15, -0.1) is 0 Å². The summed E-state index contributed by atoms with van der Waals surface area (Å²) in [6, 6.07) is 2.92. The van der Waals surface area contributed by atoms with E-state index in [1.807, 2.05) is 0 Å². The van der Waals surface area contributed by atoms with Crippen LogP contribution in [0, 0.1) is 39.9 Å². The monoisotopic (exact) mass is 398 g/mol. The second-order valence-electron chi connectivity index (χ2n) is 0.932. The van der Waals surface area contributed by atoms with Crippen LogP contribution in [0.4, 0.5) is 0 Å². The molecule has 119 valence electrons. The first-order valence-electron chi connectivity index (χ1n) is 3.06. The Kier molecular flexibility index (Phi) is 634. The van der Waals surface area contributed by atoms with E-state index in [0.29, 0.717) is 0 Å². The standard InChI is InChI=1S/C4H4O2.CHO.6CO.2Co/c5-4-2-1-3-6-4;7*1-2;;/h1-3,5H;1H;;;;;;;;/q;-1;;;;;;;;+3/p-1. The van der Waals surface area contributed by atoms with Crippen molar-refractivity contribution in [3.8, 4) is 5.95 Å². The summed E-state index contributed by atoms with van der Waals surface area (Å²) in [7, 11) is 0. The fourth-order valence-electron chi connectivity index (χ4n) is 0.263. The Hall–Kier alpha value is -1.80. The van der Waals surface area contributed by atoms with Gasteiger partial charge < -0.3 is 14.3 Å². The summed E-state index contributed by atoms with van der Waals surface area (Å²) < 4.78 is 49.3. The molecule has 0 saturated carbocycles. The predicted molar refractivity (Wildman–Crippen MR) is 48.5 cm³/mol. The molecule has 0 aliphatic carbocycles. The minimum atomic E-state index is -0.282. The summed E-state index contributed by atoms with van der Waals surface area (Å²) in [4.78, 5) is 7.75. The average Bonchev–Trinajstić information content (AvgIpc) is 3.11. The van der Waals surface area contributed by atoms with Gasteiger partial charge in [-0.1, -0.05) is 6.07 Å². The van der Waals surface area contributed by atoms with Gasteiger partial charge in [-0.25, -0.2) is 0 Å². The summed E-state index contributed by atoms with van der Waals surface area (Å²) >= 11 is 0. The largest absolute Gasteiger partial charge is 3.00 e. The molecule has 11 heteroatoms. The molecule has 9 nitrogen and oxygen atoms in total. The van der Waals surface area contributed by atoms with Crippen molar-refractivity contribution in [2.24, 2.45) is 0 Å². The summed E-state index contributed by atoms with van der Waals surface area (Å²) in [5.41, 5.74) is 0. The van der Waals surface area contributed by atoms with Gasteiger partial charge in [0.25, 0.3) is 0 Å². The molecule has 0 aromatic carbocycles. The molecular weight excluding hydrogens is 394 g/mol. The van der Waals surface area contributed by atoms with Crippen molar-refractivity contribution in [1.82, 2.24) is 0 Å². The zero-order valence-electron chi connectivity index (χ0n) is 10.2. The maximum atomic E-state index is 9.90. The molecule has 1 rings (SSSR count). The molecular formula is C11H4Co2O9+. The topological polar surface area (TPSA) is 173 Å². The molecule has 1 radical (unpaired) electrons. The van der Waals surface area contributed by atoms with Gasteiger partial charge in [0.1, 0.15) is 0 Å². The fourth-order valence-corrected chi connectivity index (χ4v) is 0.263. The van der Waals surface area contributed by atoms with Gasteiger partial charge in [0.05, 0.1) is 5.95 Å². The Labute approximate surface area is 147 Å². The van der Waals surface area contributed by atoms with Gasteiger partial charge in [-0.3, -0.25) is 6.79 Å². The minimum absolute atomic E-state index is 0. The van der Waals surface area contributed by atoms with Gasteiger partial charge >= 0.3 is 84.6 Å². The molecule has 0 unspecified atom stereocenters. The molecule has 1 aromatic rings. The summed E-state index contributed by atoms with van der Waals surface area (Å²) in [6.07, 6.45) is 1.35. The van der Waals surface area contributed by atoms with Crippen LogP contribution in [0.2, 0.25) is 0 Å². The van der Waals surface area contributed by atoms with Crippen LogP contribution in [0.5, 0.6) is 5.95 Å². The van der Waals surface area contributed by atoms with E-state index in [2.05, 4.69) is 51.1 Å². The average molecular weight is 398 g/mol. The second kappa shape index (κ2) is 235. The molecule has 0 atom stereocenters. The molecule has 0 bridgehead atoms. The van der Waals surface area contributed by atoms with Crippen LogP contribution in [0.1, 0.15) is 0 Å².